The number of benzene rings is 1. The van der Waals surface area contributed by atoms with Crippen LogP contribution in [0, 0.1) is 5.82 Å². The van der Waals surface area contributed by atoms with Gasteiger partial charge in [-0.2, -0.15) is 0 Å². The van der Waals surface area contributed by atoms with Crippen molar-refractivity contribution >= 4 is 10.0 Å². The monoisotopic (exact) mass is 296 g/mol. The summed E-state index contributed by atoms with van der Waals surface area (Å²) in [5.74, 6) is -0.420. The van der Waals surface area contributed by atoms with E-state index in [1.54, 1.807) is 0 Å². The summed E-state index contributed by atoms with van der Waals surface area (Å²) in [6.45, 7) is -0.205. The molecule has 1 unspecified atom stereocenters. The molecule has 0 fully saturated rings. The minimum absolute atomic E-state index is 0.0197. The molecule has 2 N–H and O–H groups in total. The van der Waals surface area contributed by atoms with Gasteiger partial charge in [0.1, 0.15) is 10.7 Å². The van der Waals surface area contributed by atoms with Crippen LogP contribution in [0.1, 0.15) is 11.7 Å². The molecule has 1 aromatic carbocycles. The van der Waals surface area contributed by atoms with Crippen LogP contribution in [0.2, 0.25) is 0 Å². The van der Waals surface area contributed by atoms with Crippen LogP contribution in [0.5, 0.6) is 0 Å². The number of aliphatic hydroxyl groups excluding tert-OH is 1. The van der Waals surface area contributed by atoms with E-state index in [1.165, 1.54) is 48.8 Å². The van der Waals surface area contributed by atoms with Gasteiger partial charge in [-0.15, -0.1) is 0 Å². The Morgan fingerprint density at radius 2 is 1.95 bits per heavy atom. The molecule has 0 saturated carbocycles. The Morgan fingerprint density at radius 1 is 1.25 bits per heavy atom. The molecule has 1 atom stereocenters. The van der Waals surface area contributed by atoms with Gasteiger partial charge >= 0.3 is 0 Å². The second kappa shape index (κ2) is 6.08. The molecule has 0 amide bonds. The molecule has 20 heavy (non-hydrogen) atoms. The van der Waals surface area contributed by atoms with Gasteiger partial charge in [0, 0.05) is 18.9 Å². The minimum Gasteiger partial charge on any atom is -0.387 e. The van der Waals surface area contributed by atoms with E-state index in [1.807, 2.05) is 0 Å². The Labute approximate surface area is 116 Å². The van der Waals surface area contributed by atoms with E-state index in [0.29, 0.717) is 5.56 Å². The highest BCUT2D eigenvalue weighted by Crippen LogP contribution is 2.14. The van der Waals surface area contributed by atoms with Gasteiger partial charge in [-0.05, 0) is 29.8 Å². The van der Waals surface area contributed by atoms with E-state index in [2.05, 4.69) is 9.71 Å². The fourth-order valence-electron chi connectivity index (χ4n) is 1.58. The van der Waals surface area contributed by atoms with Gasteiger partial charge in [0.05, 0.1) is 6.10 Å². The number of nitrogens with zero attached hydrogens (tertiary/aromatic N) is 1. The molecule has 0 saturated heterocycles. The summed E-state index contributed by atoms with van der Waals surface area (Å²) < 4.78 is 38.8. The Hall–Kier alpha value is -1.83. The summed E-state index contributed by atoms with van der Waals surface area (Å²) >= 11 is 0. The normalized spacial score (nSPS) is 13.1. The standard InChI is InChI=1S/C13H13FN2O3S/c14-11-5-3-10(4-6-11)13(17)9-16-20(18,19)12-2-1-7-15-8-12/h1-8,13,16-17H,9H2. The van der Waals surface area contributed by atoms with Crippen LogP contribution in [0.15, 0.2) is 53.7 Å². The van der Waals surface area contributed by atoms with E-state index in [9.17, 15) is 17.9 Å². The van der Waals surface area contributed by atoms with Crippen molar-refractivity contribution in [3.05, 3.63) is 60.2 Å². The van der Waals surface area contributed by atoms with Gasteiger partial charge in [0.25, 0.3) is 0 Å². The lowest BCUT2D eigenvalue weighted by Gasteiger charge is -2.12. The van der Waals surface area contributed by atoms with E-state index in [-0.39, 0.29) is 11.4 Å². The molecule has 106 valence electrons. The third-order valence-electron chi connectivity index (χ3n) is 2.67. The van der Waals surface area contributed by atoms with Crippen molar-refractivity contribution in [1.29, 1.82) is 0 Å². The maximum Gasteiger partial charge on any atom is 0.242 e. The van der Waals surface area contributed by atoms with Crippen molar-refractivity contribution in [3.63, 3.8) is 0 Å². The first-order chi connectivity index (χ1) is 9.49. The van der Waals surface area contributed by atoms with Crippen LogP contribution in [0.3, 0.4) is 0 Å². The molecule has 0 aliphatic heterocycles. The fourth-order valence-corrected chi connectivity index (χ4v) is 2.58. The quantitative estimate of drug-likeness (QED) is 0.870. The van der Waals surface area contributed by atoms with Gasteiger partial charge in [0.15, 0.2) is 0 Å². The van der Waals surface area contributed by atoms with Crippen LogP contribution in [0.4, 0.5) is 4.39 Å². The van der Waals surface area contributed by atoms with Gasteiger partial charge < -0.3 is 5.11 Å². The Bertz CT molecular complexity index is 660. The topological polar surface area (TPSA) is 79.3 Å². The number of hydrogen-bond acceptors (Lipinski definition) is 4. The first kappa shape index (κ1) is 14.6. The van der Waals surface area contributed by atoms with E-state index in [0.717, 1.165) is 0 Å². The van der Waals surface area contributed by atoms with Gasteiger partial charge in [-0.3, -0.25) is 4.98 Å². The summed E-state index contributed by atoms with van der Waals surface area (Å²) in [7, 11) is -3.72. The number of sulfonamides is 1. The van der Waals surface area contributed by atoms with Crippen LogP contribution in [-0.2, 0) is 10.0 Å². The van der Waals surface area contributed by atoms with E-state index < -0.39 is 21.9 Å². The predicted molar refractivity (Wildman–Crippen MR) is 70.8 cm³/mol. The molecule has 0 bridgehead atoms. The van der Waals surface area contributed by atoms with Crippen molar-refractivity contribution in [2.24, 2.45) is 0 Å². The summed E-state index contributed by atoms with van der Waals surface area (Å²) in [5, 5.41) is 9.86. The number of pyridine rings is 1. The summed E-state index contributed by atoms with van der Waals surface area (Å²) in [6, 6.07) is 8.11. The lowest BCUT2D eigenvalue weighted by atomic mass is 10.1. The highest BCUT2D eigenvalue weighted by atomic mass is 32.2. The zero-order chi connectivity index (χ0) is 14.6. The number of halogens is 1. The third kappa shape index (κ3) is 3.60. The number of aliphatic hydroxyl groups is 1. The van der Waals surface area contributed by atoms with Gasteiger partial charge in [-0.1, -0.05) is 12.1 Å². The van der Waals surface area contributed by atoms with Crippen molar-refractivity contribution in [1.82, 2.24) is 9.71 Å². The molecule has 1 heterocycles. The van der Waals surface area contributed by atoms with Crippen molar-refractivity contribution < 1.29 is 17.9 Å². The zero-order valence-electron chi connectivity index (χ0n) is 10.4. The number of rotatable bonds is 5. The summed E-state index contributed by atoms with van der Waals surface area (Å²) in [6.07, 6.45) is 1.63. The molecule has 0 radical (unpaired) electrons. The molecule has 0 aliphatic rings. The molecule has 0 spiro atoms. The van der Waals surface area contributed by atoms with E-state index >= 15 is 0 Å². The largest absolute Gasteiger partial charge is 0.387 e. The van der Waals surface area contributed by atoms with Crippen molar-refractivity contribution in [2.45, 2.75) is 11.0 Å². The SMILES string of the molecule is O=S(=O)(NCC(O)c1ccc(F)cc1)c1cccnc1. The van der Waals surface area contributed by atoms with Crippen LogP contribution >= 0.6 is 0 Å². The second-order valence-electron chi connectivity index (χ2n) is 4.11. The molecule has 2 aromatic rings. The average molecular weight is 296 g/mol. The minimum atomic E-state index is -3.72. The van der Waals surface area contributed by atoms with Crippen molar-refractivity contribution in [2.75, 3.05) is 6.54 Å². The Morgan fingerprint density at radius 3 is 2.55 bits per heavy atom. The second-order valence-corrected chi connectivity index (χ2v) is 5.87. The smallest absolute Gasteiger partial charge is 0.242 e. The molecule has 0 aliphatic carbocycles. The molecular formula is C13H13FN2O3S. The van der Waals surface area contributed by atoms with Crippen LogP contribution in [-0.4, -0.2) is 25.1 Å². The third-order valence-corrected chi connectivity index (χ3v) is 4.07. The molecular weight excluding hydrogens is 283 g/mol. The highest BCUT2D eigenvalue weighted by Gasteiger charge is 2.16. The fraction of sp³-hybridized carbons (Fsp3) is 0.154. The Balaban J connectivity index is 2.03. The predicted octanol–water partition coefficient (Wildman–Crippen LogP) is 1.23. The number of hydrogen-bond donors (Lipinski definition) is 2. The first-order valence-electron chi connectivity index (χ1n) is 5.82. The summed E-state index contributed by atoms with van der Waals surface area (Å²) in [4.78, 5) is 3.74. The van der Waals surface area contributed by atoms with E-state index in [4.69, 9.17) is 0 Å². The maximum atomic E-state index is 12.7. The molecule has 2 rings (SSSR count). The molecule has 5 nitrogen and oxygen atoms in total. The number of nitrogens with one attached hydrogen (secondary N) is 1. The molecule has 7 heteroatoms. The Kier molecular flexibility index (Phi) is 4.43. The molecule has 1 aromatic heterocycles. The number of aromatic nitrogens is 1. The van der Waals surface area contributed by atoms with Gasteiger partial charge in [-0.25, -0.2) is 17.5 Å². The van der Waals surface area contributed by atoms with Crippen LogP contribution in [0.25, 0.3) is 0 Å². The summed E-state index contributed by atoms with van der Waals surface area (Å²) in [5.41, 5.74) is 0.431. The zero-order valence-corrected chi connectivity index (χ0v) is 11.2. The lowest BCUT2D eigenvalue weighted by molar-refractivity contribution is 0.182. The van der Waals surface area contributed by atoms with Gasteiger partial charge in [0.2, 0.25) is 10.0 Å². The lowest BCUT2D eigenvalue weighted by Crippen LogP contribution is -2.28. The van der Waals surface area contributed by atoms with Crippen molar-refractivity contribution in [3.8, 4) is 0 Å². The maximum absolute atomic E-state index is 12.7. The average Bonchev–Trinajstić information content (AvgIpc) is 2.46. The highest BCUT2D eigenvalue weighted by molar-refractivity contribution is 7.89. The first-order valence-corrected chi connectivity index (χ1v) is 7.30. The van der Waals surface area contributed by atoms with Crippen LogP contribution < -0.4 is 4.72 Å².